The molecule has 0 spiro atoms. The lowest BCUT2D eigenvalue weighted by Crippen LogP contribution is -2.35. The topological polar surface area (TPSA) is 101 Å². The van der Waals surface area contributed by atoms with Crippen molar-refractivity contribution in [2.24, 2.45) is 0 Å². The molecule has 0 bridgehead atoms. The quantitative estimate of drug-likeness (QED) is 0.119. The van der Waals surface area contributed by atoms with Gasteiger partial charge in [0.1, 0.15) is 17.6 Å². The van der Waals surface area contributed by atoms with Gasteiger partial charge in [0.15, 0.2) is 0 Å². The smallest absolute Gasteiger partial charge is 0.215 e. The van der Waals surface area contributed by atoms with Crippen molar-refractivity contribution in [2.45, 2.75) is 52.0 Å². The molecule has 0 saturated carbocycles. The highest BCUT2D eigenvalue weighted by atomic mass is 32.1. The summed E-state index contributed by atoms with van der Waals surface area (Å²) in [4.78, 5) is 18.6. The van der Waals surface area contributed by atoms with Crippen LogP contribution in [0.1, 0.15) is 30.5 Å². The number of pyridine rings is 3. The summed E-state index contributed by atoms with van der Waals surface area (Å²) >= 11 is 1.58. The van der Waals surface area contributed by atoms with Crippen LogP contribution in [0, 0.1) is 0 Å². The largest absolute Gasteiger partial charge is 0.379 e. The number of rotatable bonds is 12. The number of fused-ring (bicyclic) bond motifs is 1. The van der Waals surface area contributed by atoms with Crippen LogP contribution in [-0.2, 0) is 16.0 Å². The Balaban J connectivity index is 1.32. The number of nitrogens with one attached hydrogen (secondary N) is 1. The molecule has 1 N–H and O–H groups in total. The van der Waals surface area contributed by atoms with E-state index in [1.165, 1.54) is 0 Å². The van der Waals surface area contributed by atoms with Crippen molar-refractivity contribution in [1.29, 1.82) is 0 Å². The van der Waals surface area contributed by atoms with Gasteiger partial charge < -0.3 is 14.8 Å². The van der Waals surface area contributed by atoms with Crippen LogP contribution < -0.4 is 10.2 Å². The number of morpholine rings is 1. The molecule has 1 fully saturated rings. The Kier molecular flexibility index (Phi) is 9.55. The second-order valence-electron chi connectivity index (χ2n) is 11.8. The van der Waals surface area contributed by atoms with Gasteiger partial charge >= 0.3 is 0 Å². The van der Waals surface area contributed by atoms with Gasteiger partial charge in [0.25, 0.3) is 0 Å². The maximum Gasteiger partial charge on any atom is 0.215 e. The van der Waals surface area contributed by atoms with Crippen LogP contribution in [-0.4, -0.2) is 77.8 Å². The van der Waals surface area contributed by atoms with Crippen LogP contribution in [0.25, 0.3) is 11.0 Å². The second-order valence-corrected chi connectivity index (χ2v) is 18.4. The predicted octanol–water partition coefficient (Wildman–Crippen LogP) is 6.03. The molecule has 0 atom stereocenters. The molecule has 1 saturated heterocycles. The van der Waals surface area contributed by atoms with Crippen LogP contribution in [0.3, 0.4) is 0 Å². The molecule has 1 aliphatic heterocycles. The molecule has 0 aliphatic carbocycles. The zero-order valence-corrected chi connectivity index (χ0v) is 26.4. The third kappa shape index (κ3) is 8.26. The summed E-state index contributed by atoms with van der Waals surface area (Å²) in [5, 5.41) is 14.1. The minimum Gasteiger partial charge on any atom is -0.379 e. The van der Waals surface area contributed by atoms with E-state index in [-0.39, 0.29) is 0 Å². The third-order valence-corrected chi connectivity index (χ3v) is 9.72. The van der Waals surface area contributed by atoms with Crippen molar-refractivity contribution in [1.82, 2.24) is 30.0 Å². The van der Waals surface area contributed by atoms with E-state index in [1.54, 1.807) is 11.3 Å². The highest BCUT2D eigenvalue weighted by molar-refractivity contribution is 7.15. The zero-order chi connectivity index (χ0) is 28.8. The van der Waals surface area contributed by atoms with Crippen molar-refractivity contribution < 1.29 is 9.47 Å². The van der Waals surface area contributed by atoms with Gasteiger partial charge in [-0.2, -0.15) is 0 Å². The average Bonchev–Trinajstić information content (AvgIpc) is 3.44. The molecule has 0 unspecified atom stereocenters. The zero-order valence-electron chi connectivity index (χ0n) is 24.6. The Hall–Kier alpha value is -3.03. The molecule has 5 heterocycles. The molecular formula is C29H40N8O2SSi. The summed E-state index contributed by atoms with van der Waals surface area (Å²) < 4.78 is 11.6. The molecule has 5 rings (SSSR count). The van der Waals surface area contributed by atoms with Crippen LogP contribution in [0.5, 0.6) is 0 Å². The summed E-state index contributed by atoms with van der Waals surface area (Å²) in [6, 6.07) is 11.2. The fourth-order valence-corrected chi connectivity index (χ4v) is 5.88. The summed E-state index contributed by atoms with van der Waals surface area (Å²) in [7, 11) is -1.20. The summed E-state index contributed by atoms with van der Waals surface area (Å²) in [6.07, 6.45) is 3.69. The molecular weight excluding hydrogens is 553 g/mol. The molecule has 218 valence electrons. The van der Waals surface area contributed by atoms with Crippen molar-refractivity contribution in [3.05, 3.63) is 53.4 Å². The molecule has 0 aromatic carbocycles. The molecule has 41 heavy (non-hydrogen) atoms. The first-order valence-electron chi connectivity index (χ1n) is 14.2. The SMILES string of the molecule is CC(C)c1nnc(N(COCC[Si](C)(C)C)c2ccc3ncc(Nc4ccc(CN5CCOCC5)nc4)cc3n2)s1. The number of ether oxygens (including phenoxy) is 2. The van der Waals surface area contributed by atoms with Gasteiger partial charge in [-0.3, -0.25) is 19.8 Å². The molecule has 1 aliphatic rings. The lowest BCUT2D eigenvalue weighted by molar-refractivity contribution is 0.0336. The second kappa shape index (κ2) is 13.3. The van der Waals surface area contributed by atoms with E-state index in [2.05, 4.69) is 76.0 Å². The lowest BCUT2D eigenvalue weighted by atomic mass is 10.2. The van der Waals surface area contributed by atoms with Crippen molar-refractivity contribution >= 4 is 52.8 Å². The fraction of sp³-hybridized carbons (Fsp3) is 0.483. The molecule has 12 heteroatoms. The first-order chi connectivity index (χ1) is 19.7. The van der Waals surface area contributed by atoms with Gasteiger partial charge in [-0.25, -0.2) is 4.98 Å². The van der Waals surface area contributed by atoms with E-state index in [4.69, 9.17) is 14.5 Å². The van der Waals surface area contributed by atoms with Gasteiger partial charge in [0, 0.05) is 40.2 Å². The standard InChI is InChI=1S/C29H40N8O2SSi/c1-21(2)28-34-35-29(40-28)37(20-39-14-15-41(3,4)5)27-9-8-25-26(33-27)16-24(18-31-25)32-22-6-7-23(30-17-22)19-36-10-12-38-13-11-36/h6-9,16-18,21,32H,10-15,19-20H2,1-5H3. The Morgan fingerprint density at radius 2 is 1.83 bits per heavy atom. The van der Waals surface area contributed by atoms with Gasteiger partial charge in [-0.05, 0) is 36.4 Å². The number of aromatic nitrogens is 5. The molecule has 0 amide bonds. The number of nitrogens with zero attached hydrogens (tertiary/aromatic N) is 7. The van der Waals surface area contributed by atoms with Gasteiger partial charge in [0.2, 0.25) is 5.13 Å². The van der Waals surface area contributed by atoms with Gasteiger partial charge in [0.05, 0.1) is 53.7 Å². The summed E-state index contributed by atoms with van der Waals surface area (Å²) in [5.74, 6) is 1.06. The lowest BCUT2D eigenvalue weighted by Gasteiger charge is -2.26. The summed E-state index contributed by atoms with van der Waals surface area (Å²) in [6.45, 7) is 16.7. The Morgan fingerprint density at radius 3 is 2.54 bits per heavy atom. The molecule has 10 nitrogen and oxygen atoms in total. The molecule has 0 radical (unpaired) electrons. The Labute approximate surface area is 247 Å². The van der Waals surface area contributed by atoms with Crippen molar-refractivity contribution in [3.8, 4) is 0 Å². The molecule has 4 aromatic heterocycles. The van der Waals surface area contributed by atoms with E-state index in [1.807, 2.05) is 35.5 Å². The van der Waals surface area contributed by atoms with Gasteiger partial charge in [-0.1, -0.05) is 44.8 Å². The highest BCUT2D eigenvalue weighted by Crippen LogP contribution is 2.31. The van der Waals surface area contributed by atoms with Crippen LogP contribution in [0.2, 0.25) is 25.7 Å². The first kappa shape index (κ1) is 29.5. The van der Waals surface area contributed by atoms with E-state index < -0.39 is 8.07 Å². The normalized spacial score (nSPS) is 14.6. The van der Waals surface area contributed by atoms with Crippen molar-refractivity contribution in [3.63, 3.8) is 0 Å². The van der Waals surface area contributed by atoms with E-state index >= 15 is 0 Å². The van der Waals surface area contributed by atoms with Crippen LogP contribution >= 0.6 is 11.3 Å². The first-order valence-corrected chi connectivity index (χ1v) is 18.7. The minimum atomic E-state index is -1.20. The van der Waals surface area contributed by atoms with Crippen molar-refractivity contribution in [2.75, 3.05) is 49.9 Å². The maximum absolute atomic E-state index is 6.14. The minimum absolute atomic E-state index is 0.307. The summed E-state index contributed by atoms with van der Waals surface area (Å²) in [5.41, 5.74) is 4.40. The van der Waals surface area contributed by atoms with Crippen LogP contribution in [0.4, 0.5) is 22.3 Å². The number of anilines is 4. The highest BCUT2D eigenvalue weighted by Gasteiger charge is 2.20. The molecule has 4 aromatic rings. The maximum atomic E-state index is 6.14. The van der Waals surface area contributed by atoms with Crippen LogP contribution in [0.15, 0.2) is 42.7 Å². The average molecular weight is 593 g/mol. The third-order valence-electron chi connectivity index (χ3n) is 6.77. The predicted molar refractivity (Wildman–Crippen MR) is 168 cm³/mol. The Bertz CT molecular complexity index is 1420. The van der Waals surface area contributed by atoms with E-state index in [0.29, 0.717) is 19.3 Å². The fourth-order valence-electron chi connectivity index (χ4n) is 4.28. The van der Waals surface area contributed by atoms with E-state index in [9.17, 15) is 0 Å². The number of hydrogen-bond donors (Lipinski definition) is 1. The Morgan fingerprint density at radius 1 is 1.02 bits per heavy atom. The van der Waals surface area contributed by atoms with E-state index in [0.717, 1.165) is 83.0 Å². The monoisotopic (exact) mass is 592 g/mol. The van der Waals surface area contributed by atoms with Gasteiger partial charge in [-0.15, -0.1) is 10.2 Å². The number of hydrogen-bond acceptors (Lipinski definition) is 11.